The lowest BCUT2D eigenvalue weighted by molar-refractivity contribution is 0.0632. The van der Waals surface area contributed by atoms with Gasteiger partial charge in [-0.2, -0.15) is 0 Å². The number of hydrogen-bond acceptors (Lipinski definition) is 5. The van der Waals surface area contributed by atoms with Gasteiger partial charge in [0.05, 0.1) is 13.2 Å². The molecule has 1 fully saturated rings. The van der Waals surface area contributed by atoms with Crippen LogP contribution in [0.25, 0.3) is 0 Å². The molecular formula is C11H20N4OS. The van der Waals surface area contributed by atoms with Crippen molar-refractivity contribution >= 4 is 11.8 Å². The van der Waals surface area contributed by atoms with Crippen molar-refractivity contribution in [1.29, 1.82) is 0 Å². The van der Waals surface area contributed by atoms with Crippen molar-refractivity contribution in [2.24, 2.45) is 13.0 Å². The van der Waals surface area contributed by atoms with Crippen molar-refractivity contribution in [3.8, 4) is 0 Å². The van der Waals surface area contributed by atoms with Gasteiger partial charge in [-0.25, -0.2) is 0 Å². The van der Waals surface area contributed by atoms with Gasteiger partial charge >= 0.3 is 0 Å². The molecule has 2 rings (SSSR count). The van der Waals surface area contributed by atoms with E-state index in [4.69, 9.17) is 4.74 Å². The monoisotopic (exact) mass is 256 g/mol. The van der Waals surface area contributed by atoms with Gasteiger partial charge in [-0.15, -0.1) is 10.2 Å². The second-order valence-corrected chi connectivity index (χ2v) is 5.37. The molecule has 1 N–H and O–H groups in total. The first kappa shape index (κ1) is 12.9. The lowest BCUT2D eigenvalue weighted by Crippen LogP contribution is -2.19. The van der Waals surface area contributed by atoms with E-state index in [2.05, 4.69) is 20.1 Å². The molecule has 0 radical (unpaired) electrons. The summed E-state index contributed by atoms with van der Waals surface area (Å²) in [6.07, 6.45) is 2.46. The second-order valence-electron chi connectivity index (χ2n) is 4.38. The molecule has 1 aliphatic rings. The zero-order chi connectivity index (χ0) is 12.1. The molecule has 0 unspecified atom stereocenters. The molecule has 5 nitrogen and oxygen atoms in total. The lowest BCUT2D eigenvalue weighted by Gasteiger charge is -2.21. The highest BCUT2D eigenvalue weighted by Gasteiger charge is 2.16. The van der Waals surface area contributed by atoms with E-state index in [1.54, 1.807) is 11.8 Å². The van der Waals surface area contributed by atoms with Gasteiger partial charge in [-0.05, 0) is 25.8 Å². The summed E-state index contributed by atoms with van der Waals surface area (Å²) in [5, 5.41) is 12.5. The molecule has 17 heavy (non-hydrogen) atoms. The Morgan fingerprint density at radius 2 is 2.41 bits per heavy atom. The standard InChI is InChI=1S/C11H20N4OS/c1-12-6-10-13-14-11(15(10)2)17-8-9-4-3-5-16-7-9/h9,12H,3-8H2,1-2H3/t9-/m1/s1. The minimum Gasteiger partial charge on any atom is -0.381 e. The number of hydrogen-bond donors (Lipinski definition) is 1. The van der Waals surface area contributed by atoms with E-state index >= 15 is 0 Å². The molecule has 0 aliphatic carbocycles. The Balaban J connectivity index is 1.85. The molecule has 1 aromatic heterocycles. The van der Waals surface area contributed by atoms with Crippen LogP contribution in [0.4, 0.5) is 0 Å². The summed E-state index contributed by atoms with van der Waals surface area (Å²) < 4.78 is 7.54. The van der Waals surface area contributed by atoms with Crippen LogP contribution in [0.2, 0.25) is 0 Å². The van der Waals surface area contributed by atoms with Crippen molar-refractivity contribution < 1.29 is 4.74 Å². The van der Waals surface area contributed by atoms with Crippen molar-refractivity contribution in [2.45, 2.75) is 24.5 Å². The Labute approximate surface area is 106 Å². The normalized spacial score (nSPS) is 20.7. The van der Waals surface area contributed by atoms with Crippen LogP contribution in [-0.2, 0) is 18.3 Å². The highest BCUT2D eigenvalue weighted by molar-refractivity contribution is 7.99. The third-order valence-corrected chi connectivity index (χ3v) is 4.21. The Hall–Kier alpha value is -0.590. The fourth-order valence-electron chi connectivity index (χ4n) is 1.91. The third-order valence-electron chi connectivity index (χ3n) is 2.96. The average Bonchev–Trinajstić information content (AvgIpc) is 2.70. The summed E-state index contributed by atoms with van der Waals surface area (Å²) in [7, 11) is 3.94. The fraction of sp³-hybridized carbons (Fsp3) is 0.818. The predicted octanol–water partition coefficient (Wildman–Crippen LogP) is 1.05. The molecule has 0 saturated carbocycles. The molecule has 96 valence electrons. The Bertz CT molecular complexity index is 349. The first-order chi connectivity index (χ1) is 8.31. The van der Waals surface area contributed by atoms with Crippen molar-refractivity contribution in [3.05, 3.63) is 5.82 Å². The van der Waals surface area contributed by atoms with Gasteiger partial charge < -0.3 is 14.6 Å². The fourth-order valence-corrected chi connectivity index (χ4v) is 2.96. The molecule has 0 amide bonds. The summed E-state index contributed by atoms with van der Waals surface area (Å²) in [5.74, 6) is 2.72. The van der Waals surface area contributed by atoms with Gasteiger partial charge in [-0.3, -0.25) is 0 Å². The molecule has 1 atom stereocenters. The number of thioether (sulfide) groups is 1. The first-order valence-electron chi connectivity index (χ1n) is 6.04. The number of rotatable bonds is 5. The van der Waals surface area contributed by atoms with Crippen molar-refractivity contribution in [3.63, 3.8) is 0 Å². The molecule has 0 spiro atoms. The topological polar surface area (TPSA) is 52.0 Å². The van der Waals surface area contributed by atoms with Gasteiger partial charge in [0.1, 0.15) is 5.82 Å². The lowest BCUT2D eigenvalue weighted by atomic mass is 10.1. The molecule has 1 saturated heterocycles. The van der Waals surface area contributed by atoms with E-state index < -0.39 is 0 Å². The summed E-state index contributed by atoms with van der Waals surface area (Å²) in [5.41, 5.74) is 0. The Morgan fingerprint density at radius 1 is 1.53 bits per heavy atom. The Morgan fingerprint density at radius 3 is 3.12 bits per heavy atom. The minimum absolute atomic E-state index is 0.665. The maximum atomic E-state index is 5.48. The largest absolute Gasteiger partial charge is 0.381 e. The summed E-state index contributed by atoms with van der Waals surface area (Å²) in [6.45, 7) is 2.59. The molecule has 1 aliphatic heterocycles. The van der Waals surface area contributed by atoms with Crippen LogP contribution in [0.3, 0.4) is 0 Å². The van der Waals surface area contributed by atoms with Crippen LogP contribution in [0.1, 0.15) is 18.7 Å². The second kappa shape index (κ2) is 6.37. The van der Waals surface area contributed by atoms with Crippen LogP contribution in [0.5, 0.6) is 0 Å². The quantitative estimate of drug-likeness (QED) is 0.798. The van der Waals surface area contributed by atoms with E-state index in [-0.39, 0.29) is 0 Å². The highest BCUT2D eigenvalue weighted by atomic mass is 32.2. The molecule has 1 aromatic rings. The minimum atomic E-state index is 0.665. The van der Waals surface area contributed by atoms with Gasteiger partial charge in [0, 0.05) is 19.4 Å². The van der Waals surface area contributed by atoms with Gasteiger partial charge in [0.2, 0.25) is 0 Å². The van der Waals surface area contributed by atoms with Crippen molar-refractivity contribution in [1.82, 2.24) is 20.1 Å². The third kappa shape index (κ3) is 3.43. The van der Waals surface area contributed by atoms with Gasteiger partial charge in [-0.1, -0.05) is 11.8 Å². The number of nitrogens with zero attached hydrogens (tertiary/aromatic N) is 3. The number of ether oxygens (including phenoxy) is 1. The van der Waals surface area contributed by atoms with Crippen LogP contribution in [-0.4, -0.2) is 40.8 Å². The van der Waals surface area contributed by atoms with Crippen LogP contribution in [0.15, 0.2) is 5.16 Å². The average molecular weight is 256 g/mol. The summed E-state index contributed by atoms with van der Waals surface area (Å²) in [4.78, 5) is 0. The van der Waals surface area contributed by atoms with Crippen LogP contribution in [0, 0.1) is 5.92 Å². The smallest absolute Gasteiger partial charge is 0.190 e. The van der Waals surface area contributed by atoms with E-state index in [0.29, 0.717) is 5.92 Å². The molecule has 0 aromatic carbocycles. The first-order valence-corrected chi connectivity index (χ1v) is 7.03. The van der Waals surface area contributed by atoms with E-state index in [1.807, 2.05) is 14.1 Å². The van der Waals surface area contributed by atoms with Crippen LogP contribution >= 0.6 is 11.8 Å². The van der Waals surface area contributed by atoms with Gasteiger partial charge in [0.25, 0.3) is 0 Å². The SMILES string of the molecule is CNCc1nnc(SC[C@@H]2CCCOC2)n1C. The Kier molecular flexibility index (Phi) is 4.82. The summed E-state index contributed by atoms with van der Waals surface area (Å²) >= 11 is 1.78. The van der Waals surface area contributed by atoms with E-state index in [0.717, 1.165) is 36.5 Å². The maximum absolute atomic E-state index is 5.48. The summed E-state index contributed by atoms with van der Waals surface area (Å²) in [6, 6.07) is 0. The van der Waals surface area contributed by atoms with Crippen LogP contribution < -0.4 is 5.32 Å². The van der Waals surface area contributed by atoms with E-state index in [1.165, 1.54) is 12.8 Å². The molecule has 2 heterocycles. The molecule has 0 bridgehead atoms. The highest BCUT2D eigenvalue weighted by Crippen LogP contribution is 2.23. The van der Waals surface area contributed by atoms with E-state index in [9.17, 15) is 0 Å². The van der Waals surface area contributed by atoms with Crippen molar-refractivity contribution in [2.75, 3.05) is 26.0 Å². The molecular weight excluding hydrogens is 236 g/mol. The molecule has 6 heteroatoms. The number of aromatic nitrogens is 3. The van der Waals surface area contributed by atoms with Gasteiger partial charge in [0.15, 0.2) is 5.16 Å². The zero-order valence-corrected chi connectivity index (χ0v) is 11.3. The maximum Gasteiger partial charge on any atom is 0.190 e. The zero-order valence-electron chi connectivity index (χ0n) is 10.5. The predicted molar refractivity (Wildman–Crippen MR) is 68.0 cm³/mol. The number of nitrogens with one attached hydrogen (secondary N) is 1.